The van der Waals surface area contributed by atoms with Gasteiger partial charge in [-0.15, -0.1) is 15.9 Å². The van der Waals surface area contributed by atoms with E-state index in [0.717, 1.165) is 45.4 Å². The molecule has 3 N–H and O–H groups in total. The molecule has 2 aliphatic rings. The predicted molar refractivity (Wildman–Crippen MR) is 346 cm³/mol. The molecule has 1 amide bonds. The number of anilines is 2. The number of aliphatic carboxylic acids is 1. The smallest absolute Gasteiger partial charge is 0.407 e. The third-order valence-electron chi connectivity index (χ3n) is 15.5. The number of carboxylic acid groups (broad SMARTS) is 1. The second-order valence-electron chi connectivity index (χ2n) is 24.3. The van der Waals surface area contributed by atoms with Crippen molar-refractivity contribution in [2.45, 2.75) is 160 Å². The molecule has 0 radical (unpaired) electrons. The number of halogens is 4. The molecule has 5 aromatic carbocycles. The molecule has 17 nitrogen and oxygen atoms in total. The van der Waals surface area contributed by atoms with Gasteiger partial charge in [-0.25, -0.2) is 44.2 Å². The minimum Gasteiger partial charge on any atom is -0.481 e. The van der Waals surface area contributed by atoms with E-state index < -0.39 is 119 Å². The standard InChI is InChI=1S/C68H78F4N4O13S3/c1-14-68(12,13)66(80)86-32-31-73-67(81)87-35-44(88-56(79)30-29-55(77)78)36-90-64-58(69)60(71)65(61(72)59(64)70)92(84,85)75-91(82,83)54-24-16-15-19-51(54)57-49-27-25-42(74-62-45(37(2)3)20-17-21-46(62)38(4)5)33-52(49)89-53-34-43(26-28-50(53)57)76(41(10)11)63-47(39(6)7)22-18-23-48(63)40(8)9/h15-28,33-34,37-41,44,75H,14,29-32,35-36H2,1-13H3,(H,73,81)(H,77,78). The molecule has 0 aromatic heterocycles. The van der Waals surface area contributed by atoms with Crippen molar-refractivity contribution in [3.8, 4) is 22.5 Å². The molecule has 494 valence electrons. The molecule has 1 atom stereocenters. The number of esters is 2. The van der Waals surface area contributed by atoms with Gasteiger partial charge in [0.25, 0.3) is 20.0 Å². The number of nitrogens with one attached hydrogen (secondary N) is 2. The molecule has 92 heavy (non-hydrogen) atoms. The van der Waals surface area contributed by atoms with Crippen molar-refractivity contribution in [2.24, 2.45) is 10.4 Å². The Balaban J connectivity index is 1.30. The van der Waals surface area contributed by atoms with E-state index in [1.165, 1.54) is 22.3 Å². The number of para-hydroxylation sites is 2. The number of hydrogen-bond acceptors (Lipinski definition) is 15. The third kappa shape index (κ3) is 16.3. The first-order chi connectivity index (χ1) is 43.2. The summed E-state index contributed by atoms with van der Waals surface area (Å²) in [6.45, 7) is 24.6. The van der Waals surface area contributed by atoms with Crippen molar-refractivity contribution in [1.29, 1.82) is 0 Å². The lowest BCUT2D eigenvalue weighted by Crippen LogP contribution is -2.34. The van der Waals surface area contributed by atoms with Crippen LogP contribution in [0.4, 0.5) is 39.4 Å². The number of thioether (sulfide) groups is 1. The fourth-order valence-corrected chi connectivity index (χ4v) is 14.5. The molecule has 0 saturated heterocycles. The first-order valence-electron chi connectivity index (χ1n) is 30.2. The molecule has 1 aliphatic heterocycles. The molecule has 1 heterocycles. The Morgan fingerprint density at radius 1 is 0.696 bits per heavy atom. The van der Waals surface area contributed by atoms with E-state index in [1.54, 1.807) is 45.0 Å². The Labute approximate surface area is 538 Å². The number of ether oxygens (including phenoxy) is 3. The molecule has 0 saturated carbocycles. The van der Waals surface area contributed by atoms with Gasteiger partial charge in [-0.1, -0.05) is 117 Å². The average Bonchev–Trinajstić information content (AvgIpc) is 0.748. The quantitative estimate of drug-likeness (QED) is 0.00825. The molecular weight excluding hydrogens is 1250 g/mol. The summed E-state index contributed by atoms with van der Waals surface area (Å²) in [6, 6.07) is 28.0. The number of alkyl carbamates (subject to hydrolysis) is 1. The fourth-order valence-electron chi connectivity index (χ4n) is 10.3. The minimum atomic E-state index is -6.12. The number of fused-ring (bicyclic) bond motifs is 2. The van der Waals surface area contributed by atoms with Crippen LogP contribution in [0.5, 0.6) is 0 Å². The van der Waals surface area contributed by atoms with E-state index in [0.29, 0.717) is 22.7 Å². The van der Waals surface area contributed by atoms with Crippen molar-refractivity contribution in [1.82, 2.24) is 9.44 Å². The van der Waals surface area contributed by atoms with Gasteiger partial charge in [0.2, 0.25) is 0 Å². The molecular formula is C68H78F4N4O13S3. The summed E-state index contributed by atoms with van der Waals surface area (Å²) < 4.78 is 147. The molecule has 0 bridgehead atoms. The SMILES string of the molecule is CCC(C)(C)C(=O)OCCNC(=O)OCC(CSc1c(F)c(F)c(S(=O)(=O)NS(=O)(=O)c2ccccc2-c2c3ccc(=Nc4c(C(C)C)cccc4C(C)C)cc-3oc3cc(N(c4c(C(C)C)cccc4C(C)C)C(C)C)ccc23)c(F)c1F)OC(=O)CCC(=O)O. The highest BCUT2D eigenvalue weighted by molar-refractivity contribution is 8.04. The first-order valence-corrected chi connectivity index (χ1v) is 34.1. The molecule has 5 aromatic rings. The molecule has 7 rings (SSSR count). The topological polar surface area (TPSA) is 237 Å². The highest BCUT2D eigenvalue weighted by Crippen LogP contribution is 2.47. The Bertz CT molecular complexity index is 4110. The lowest BCUT2D eigenvalue weighted by molar-refractivity contribution is -0.154. The van der Waals surface area contributed by atoms with Gasteiger partial charge in [-0.2, -0.15) is 0 Å². The van der Waals surface area contributed by atoms with Crippen LogP contribution in [0.3, 0.4) is 0 Å². The van der Waals surface area contributed by atoms with Crippen molar-refractivity contribution in [3.63, 3.8) is 0 Å². The van der Waals surface area contributed by atoms with Gasteiger partial charge >= 0.3 is 24.0 Å². The summed E-state index contributed by atoms with van der Waals surface area (Å²) in [6.07, 6.45) is -3.79. The van der Waals surface area contributed by atoms with Gasteiger partial charge in [-0.05, 0) is 110 Å². The van der Waals surface area contributed by atoms with Crippen LogP contribution in [0, 0.1) is 28.7 Å². The second-order valence-corrected chi connectivity index (χ2v) is 28.9. The monoisotopic (exact) mass is 1330 g/mol. The Hall–Kier alpha value is -7.80. The van der Waals surface area contributed by atoms with E-state index in [1.807, 2.05) is 36.4 Å². The maximum Gasteiger partial charge on any atom is 0.407 e. The zero-order valence-corrected chi connectivity index (χ0v) is 56.1. The number of carbonyl (C=O) groups is 4. The predicted octanol–water partition coefficient (Wildman–Crippen LogP) is 15.3. The summed E-state index contributed by atoms with van der Waals surface area (Å²) in [7, 11) is -11.7. The summed E-state index contributed by atoms with van der Waals surface area (Å²) in [5, 5.41) is 12.2. The normalized spacial score (nSPS) is 12.8. The van der Waals surface area contributed by atoms with E-state index >= 15 is 17.6 Å². The summed E-state index contributed by atoms with van der Waals surface area (Å²) in [4.78, 5) is 51.5. The largest absolute Gasteiger partial charge is 0.481 e. The molecule has 0 spiro atoms. The number of benzene rings is 6. The summed E-state index contributed by atoms with van der Waals surface area (Å²) in [5.74, 6) is -12.9. The number of hydrogen-bond donors (Lipinski definition) is 3. The Kier molecular flexibility index (Phi) is 23.3. The van der Waals surface area contributed by atoms with Crippen molar-refractivity contribution in [3.05, 3.63) is 148 Å². The van der Waals surface area contributed by atoms with Gasteiger partial charge < -0.3 is 34.0 Å². The maximum atomic E-state index is 16.3. The number of sulfonamides is 2. The average molecular weight is 1330 g/mol. The van der Waals surface area contributed by atoms with Crippen LogP contribution in [0.1, 0.15) is 155 Å². The number of carboxylic acids is 1. The van der Waals surface area contributed by atoms with E-state index in [4.69, 9.17) is 28.7 Å². The van der Waals surface area contributed by atoms with Gasteiger partial charge in [0, 0.05) is 57.4 Å². The highest BCUT2D eigenvalue weighted by atomic mass is 32.3. The van der Waals surface area contributed by atoms with Gasteiger partial charge in [0.15, 0.2) is 28.2 Å². The maximum absolute atomic E-state index is 16.3. The van der Waals surface area contributed by atoms with Crippen LogP contribution in [0.25, 0.3) is 33.4 Å². The van der Waals surface area contributed by atoms with Crippen molar-refractivity contribution >= 4 is 83.8 Å². The zero-order chi connectivity index (χ0) is 67.9. The zero-order valence-electron chi connectivity index (χ0n) is 53.6. The molecule has 0 fully saturated rings. The first kappa shape index (κ1) is 71.6. The van der Waals surface area contributed by atoms with Crippen LogP contribution in [0.15, 0.2) is 121 Å². The highest BCUT2D eigenvalue weighted by Gasteiger charge is 2.38. The van der Waals surface area contributed by atoms with Crippen LogP contribution in [-0.4, -0.2) is 83.6 Å². The Morgan fingerprint density at radius 2 is 1.28 bits per heavy atom. The molecule has 1 aliphatic carbocycles. The fraction of sp³-hybridized carbons (Fsp3) is 0.397. The van der Waals surface area contributed by atoms with Crippen molar-refractivity contribution < 1.29 is 77.3 Å². The third-order valence-corrected chi connectivity index (χ3v) is 20.2. The van der Waals surface area contributed by atoms with E-state index in [-0.39, 0.29) is 77.1 Å². The lowest BCUT2D eigenvalue weighted by Gasteiger charge is -2.35. The van der Waals surface area contributed by atoms with Crippen LogP contribution < -0.4 is 19.7 Å². The van der Waals surface area contributed by atoms with Gasteiger partial charge in [-0.3, -0.25) is 14.4 Å². The van der Waals surface area contributed by atoms with E-state index in [2.05, 4.69) is 91.6 Å². The molecule has 1 unspecified atom stereocenters. The lowest BCUT2D eigenvalue weighted by atomic mass is 9.90. The van der Waals surface area contributed by atoms with Crippen LogP contribution >= 0.6 is 11.8 Å². The summed E-state index contributed by atoms with van der Waals surface area (Å²) >= 11 is -0.0448. The van der Waals surface area contributed by atoms with Crippen molar-refractivity contribution in [2.75, 3.05) is 30.4 Å². The number of rotatable bonds is 27. The van der Waals surface area contributed by atoms with Gasteiger partial charge in [0.05, 0.1) is 45.6 Å². The summed E-state index contributed by atoms with van der Waals surface area (Å²) in [5.41, 5.74) is 6.67. The Morgan fingerprint density at radius 3 is 1.85 bits per heavy atom. The number of amides is 1. The minimum absolute atomic E-state index is 0.0448. The number of carbonyl (C=O) groups excluding carboxylic acids is 3. The van der Waals surface area contributed by atoms with Crippen LogP contribution in [-0.2, 0) is 48.6 Å². The second kappa shape index (κ2) is 29.9. The molecule has 24 heteroatoms. The van der Waals surface area contributed by atoms with E-state index in [9.17, 15) is 36.0 Å². The number of nitrogens with zero attached hydrogens (tertiary/aromatic N) is 2. The van der Waals surface area contributed by atoms with Crippen LogP contribution in [0.2, 0.25) is 0 Å². The van der Waals surface area contributed by atoms with Gasteiger partial charge in [0.1, 0.15) is 30.7 Å².